The minimum Gasteiger partial charge on any atom is -0.322 e. The van der Waals surface area contributed by atoms with Crippen LogP contribution in [-0.2, 0) is 0 Å². The van der Waals surface area contributed by atoms with Gasteiger partial charge in [-0.15, -0.1) is 0 Å². The Bertz CT molecular complexity index is 957. The highest BCUT2D eigenvalue weighted by molar-refractivity contribution is 6.01. The third-order valence-corrected chi connectivity index (χ3v) is 3.80. The lowest BCUT2D eigenvalue weighted by atomic mass is 10.1. The van der Waals surface area contributed by atoms with Gasteiger partial charge in [-0.2, -0.15) is 5.10 Å². The van der Waals surface area contributed by atoms with Gasteiger partial charge in [0.25, 0.3) is 5.91 Å². The summed E-state index contributed by atoms with van der Waals surface area (Å²) in [6.45, 7) is 15.3. The van der Waals surface area contributed by atoms with E-state index < -0.39 is 0 Å². The van der Waals surface area contributed by atoms with E-state index in [0.29, 0.717) is 17.0 Å². The number of hydrogen-bond acceptors (Lipinski definition) is 2. The van der Waals surface area contributed by atoms with E-state index in [9.17, 15) is 4.79 Å². The molecule has 0 aliphatic carbocycles. The molecule has 0 bridgehead atoms. The molecule has 0 aliphatic heterocycles. The van der Waals surface area contributed by atoms with Gasteiger partial charge >= 0.3 is 0 Å². The van der Waals surface area contributed by atoms with Crippen molar-refractivity contribution in [1.29, 1.82) is 0 Å². The van der Waals surface area contributed by atoms with Gasteiger partial charge in [0.1, 0.15) is 5.69 Å². The molecule has 30 heavy (non-hydrogen) atoms. The standard InChI is InChI=1S/C24H25N3O.C2H6/c1-5-12-20(13-6-2)25-24(28)22-18-27(21(14-7-3)15-8-4)26-23(22)19-16-10-9-11-17-19;1-2/h5-18H,1,3H2,2,4H3,(H,25,28);1-2H3/b13-6-,15-8-,20-12+,21-14+;. The Kier molecular flexibility index (Phi) is 11.0. The van der Waals surface area contributed by atoms with E-state index in [0.717, 1.165) is 11.3 Å². The molecule has 0 atom stereocenters. The first kappa shape index (κ1) is 24.4. The molecule has 0 saturated heterocycles. The molecule has 1 aromatic carbocycles. The highest BCUT2D eigenvalue weighted by Gasteiger charge is 2.19. The number of nitrogens with one attached hydrogen (secondary N) is 1. The number of carbonyl (C=O) groups excluding carboxylic acids is 1. The lowest BCUT2D eigenvalue weighted by Crippen LogP contribution is -2.22. The van der Waals surface area contributed by atoms with Crippen molar-refractivity contribution < 1.29 is 4.79 Å². The lowest BCUT2D eigenvalue weighted by Gasteiger charge is -2.06. The number of rotatable bonds is 8. The predicted molar refractivity (Wildman–Crippen MR) is 129 cm³/mol. The molecule has 0 aliphatic rings. The molecular weight excluding hydrogens is 370 g/mol. The second-order valence-electron chi connectivity index (χ2n) is 5.84. The normalized spacial score (nSPS) is 11.9. The van der Waals surface area contributed by atoms with Crippen molar-refractivity contribution in [1.82, 2.24) is 15.1 Å². The third-order valence-electron chi connectivity index (χ3n) is 3.80. The van der Waals surface area contributed by atoms with Gasteiger partial charge in [0.05, 0.1) is 11.3 Å². The molecule has 4 heteroatoms. The van der Waals surface area contributed by atoms with Crippen molar-refractivity contribution in [3.63, 3.8) is 0 Å². The van der Waals surface area contributed by atoms with Crippen LogP contribution in [0.5, 0.6) is 0 Å². The van der Waals surface area contributed by atoms with Crippen LogP contribution >= 0.6 is 0 Å². The fraction of sp³-hybridized carbons (Fsp3) is 0.154. The Hall–Kier alpha value is -3.66. The number of amides is 1. The van der Waals surface area contributed by atoms with Gasteiger partial charge in [-0.25, -0.2) is 4.68 Å². The van der Waals surface area contributed by atoms with Crippen LogP contribution in [0.2, 0.25) is 0 Å². The van der Waals surface area contributed by atoms with Gasteiger partial charge in [-0.05, 0) is 38.2 Å². The zero-order valence-electron chi connectivity index (χ0n) is 18.3. The summed E-state index contributed by atoms with van der Waals surface area (Å²) >= 11 is 0. The van der Waals surface area contributed by atoms with E-state index >= 15 is 0 Å². The SMILES string of the molecule is C=C/C=C(\C=C/C)NC(=O)c1cn(C(/C=C\C)=C/C=C)nc1-c1ccccc1.CC. The molecule has 0 fully saturated rings. The first-order valence-corrected chi connectivity index (χ1v) is 10.0. The Morgan fingerprint density at radius 3 is 2.20 bits per heavy atom. The quantitative estimate of drug-likeness (QED) is 0.510. The molecule has 1 amide bonds. The molecule has 0 saturated carbocycles. The van der Waals surface area contributed by atoms with E-state index in [1.807, 2.05) is 88.4 Å². The van der Waals surface area contributed by atoms with Crippen molar-refractivity contribution in [2.24, 2.45) is 0 Å². The maximum absolute atomic E-state index is 13.0. The second kappa shape index (κ2) is 13.5. The molecule has 1 heterocycles. The lowest BCUT2D eigenvalue weighted by molar-refractivity contribution is 0.0968. The molecule has 2 aromatic rings. The summed E-state index contributed by atoms with van der Waals surface area (Å²) in [5, 5.41) is 7.58. The molecule has 1 N–H and O–H groups in total. The van der Waals surface area contributed by atoms with Crippen LogP contribution in [0.25, 0.3) is 17.0 Å². The fourth-order valence-corrected chi connectivity index (χ4v) is 2.63. The third kappa shape index (κ3) is 6.74. The number of nitrogens with zero attached hydrogens (tertiary/aromatic N) is 2. The van der Waals surface area contributed by atoms with Gasteiger partial charge < -0.3 is 5.32 Å². The summed E-state index contributed by atoms with van der Waals surface area (Å²) in [7, 11) is 0. The Balaban J connectivity index is 0.00000218. The first-order chi connectivity index (χ1) is 14.6. The van der Waals surface area contributed by atoms with E-state index in [4.69, 9.17) is 0 Å². The van der Waals surface area contributed by atoms with Gasteiger partial charge in [0.15, 0.2) is 0 Å². The topological polar surface area (TPSA) is 46.9 Å². The van der Waals surface area contributed by atoms with E-state index in [-0.39, 0.29) is 5.91 Å². The highest BCUT2D eigenvalue weighted by Crippen LogP contribution is 2.24. The second-order valence-corrected chi connectivity index (χ2v) is 5.84. The molecular formula is C26H31N3O. The molecule has 2 rings (SSSR count). The number of carbonyl (C=O) groups is 1. The van der Waals surface area contributed by atoms with Crippen LogP contribution < -0.4 is 5.32 Å². The minimum absolute atomic E-state index is 0.241. The predicted octanol–water partition coefficient (Wildman–Crippen LogP) is 6.56. The van der Waals surface area contributed by atoms with E-state index in [1.165, 1.54) is 0 Å². The van der Waals surface area contributed by atoms with Crippen LogP contribution in [0.3, 0.4) is 0 Å². The summed E-state index contributed by atoms with van der Waals surface area (Å²) in [6, 6.07) is 9.64. The highest BCUT2D eigenvalue weighted by atomic mass is 16.1. The Morgan fingerprint density at radius 2 is 1.63 bits per heavy atom. The van der Waals surface area contributed by atoms with Crippen molar-refractivity contribution in [2.45, 2.75) is 27.7 Å². The zero-order valence-corrected chi connectivity index (χ0v) is 18.3. The van der Waals surface area contributed by atoms with Gasteiger partial charge in [-0.3, -0.25) is 4.79 Å². The zero-order chi connectivity index (χ0) is 22.4. The maximum atomic E-state index is 13.0. The average molecular weight is 402 g/mol. The van der Waals surface area contributed by atoms with E-state index in [2.05, 4.69) is 23.6 Å². The van der Waals surface area contributed by atoms with Crippen molar-refractivity contribution in [2.75, 3.05) is 0 Å². The molecule has 1 aromatic heterocycles. The monoisotopic (exact) mass is 401 g/mol. The van der Waals surface area contributed by atoms with Crippen LogP contribution in [0, 0.1) is 0 Å². The summed E-state index contributed by atoms with van der Waals surface area (Å²) in [5.74, 6) is -0.241. The van der Waals surface area contributed by atoms with Crippen LogP contribution in [-0.4, -0.2) is 15.7 Å². The molecule has 0 spiro atoms. The smallest absolute Gasteiger partial charge is 0.259 e. The number of allylic oxidation sites excluding steroid dienone is 9. The number of benzene rings is 1. The van der Waals surface area contributed by atoms with Crippen molar-refractivity contribution in [3.05, 3.63) is 110 Å². The molecule has 0 radical (unpaired) electrons. The number of aromatic nitrogens is 2. The van der Waals surface area contributed by atoms with Crippen LogP contribution in [0.4, 0.5) is 0 Å². The van der Waals surface area contributed by atoms with Crippen molar-refractivity contribution >= 4 is 11.6 Å². The van der Waals surface area contributed by atoms with Crippen LogP contribution in [0.1, 0.15) is 38.1 Å². The summed E-state index contributed by atoms with van der Waals surface area (Å²) in [6.07, 6.45) is 16.1. The Morgan fingerprint density at radius 1 is 1.00 bits per heavy atom. The number of hydrogen-bond donors (Lipinski definition) is 1. The van der Waals surface area contributed by atoms with Crippen LogP contribution in [0.15, 0.2) is 104 Å². The summed E-state index contributed by atoms with van der Waals surface area (Å²) in [4.78, 5) is 13.0. The summed E-state index contributed by atoms with van der Waals surface area (Å²) in [5.41, 5.74) is 3.42. The van der Waals surface area contributed by atoms with Gasteiger partial charge in [0, 0.05) is 17.5 Å². The van der Waals surface area contributed by atoms with Gasteiger partial charge in [-0.1, -0.05) is 81.6 Å². The molecule has 4 nitrogen and oxygen atoms in total. The Labute approximate surface area is 180 Å². The first-order valence-electron chi connectivity index (χ1n) is 10.0. The molecule has 156 valence electrons. The molecule has 0 unspecified atom stereocenters. The largest absolute Gasteiger partial charge is 0.322 e. The summed E-state index contributed by atoms with van der Waals surface area (Å²) < 4.78 is 1.69. The van der Waals surface area contributed by atoms with Gasteiger partial charge in [0.2, 0.25) is 0 Å². The van der Waals surface area contributed by atoms with E-state index in [1.54, 1.807) is 29.1 Å². The minimum atomic E-state index is -0.241. The fourth-order valence-electron chi connectivity index (χ4n) is 2.63. The van der Waals surface area contributed by atoms with Crippen molar-refractivity contribution in [3.8, 4) is 11.3 Å². The average Bonchev–Trinajstić information content (AvgIpc) is 3.21. The maximum Gasteiger partial charge on any atom is 0.259 e.